The van der Waals surface area contributed by atoms with Gasteiger partial charge in [0.1, 0.15) is 10.7 Å². The summed E-state index contributed by atoms with van der Waals surface area (Å²) in [6.45, 7) is 1.90. The van der Waals surface area contributed by atoms with Crippen molar-refractivity contribution < 1.29 is 4.79 Å². The molecule has 0 radical (unpaired) electrons. The van der Waals surface area contributed by atoms with Crippen molar-refractivity contribution in [3.8, 4) is 0 Å². The minimum absolute atomic E-state index is 0.00903. The summed E-state index contributed by atoms with van der Waals surface area (Å²) in [4.78, 5) is 16.8. The molecule has 0 aromatic carbocycles. The molecule has 0 spiro atoms. The van der Waals surface area contributed by atoms with Crippen LogP contribution in [-0.4, -0.2) is 16.9 Å². The van der Waals surface area contributed by atoms with E-state index < -0.39 is 0 Å². The number of carbonyl (C=O) groups excluding carboxylic acids is 1. The summed E-state index contributed by atoms with van der Waals surface area (Å²) in [6, 6.07) is 0.278. The minimum atomic E-state index is -0.0988. The molecule has 4 nitrogen and oxygen atoms in total. The van der Waals surface area contributed by atoms with Crippen LogP contribution in [0.1, 0.15) is 60.6 Å². The Hall–Kier alpha value is -0.940. The Morgan fingerprint density at radius 3 is 2.95 bits per heavy atom. The molecule has 1 amide bonds. The quantitative estimate of drug-likeness (QED) is 0.902. The van der Waals surface area contributed by atoms with Crippen molar-refractivity contribution in [1.82, 2.24) is 10.3 Å². The first kappa shape index (κ1) is 13.7. The van der Waals surface area contributed by atoms with E-state index in [1.165, 1.54) is 43.4 Å². The van der Waals surface area contributed by atoms with E-state index in [0.717, 1.165) is 28.7 Å². The molecule has 1 aromatic heterocycles. The monoisotopic (exact) mass is 305 g/mol. The summed E-state index contributed by atoms with van der Waals surface area (Å²) in [5, 5.41) is 5.93. The number of hydrogen-bond donors (Lipinski definition) is 2. The molecular weight excluding hydrogens is 282 g/mol. The Labute approximate surface area is 129 Å². The fourth-order valence-electron chi connectivity index (χ4n) is 5.08. The molecule has 4 rings (SSSR count). The minimum Gasteiger partial charge on any atom is -0.348 e. The molecular formula is C16H23N3OS. The topological polar surface area (TPSA) is 68.0 Å². The van der Waals surface area contributed by atoms with E-state index in [1.807, 2.05) is 12.3 Å². The first-order chi connectivity index (χ1) is 10.1. The molecule has 3 fully saturated rings. The largest absolute Gasteiger partial charge is 0.348 e. The van der Waals surface area contributed by atoms with Crippen LogP contribution in [0.25, 0.3) is 0 Å². The molecule has 5 heteroatoms. The van der Waals surface area contributed by atoms with Gasteiger partial charge in [0.25, 0.3) is 5.91 Å². The Bertz CT molecular complexity index is 555. The molecule has 3 saturated carbocycles. The molecule has 1 heterocycles. The van der Waals surface area contributed by atoms with Crippen molar-refractivity contribution in [2.45, 2.75) is 51.1 Å². The lowest BCUT2D eigenvalue weighted by molar-refractivity contribution is 0.0896. The maximum absolute atomic E-state index is 12.4. The van der Waals surface area contributed by atoms with Crippen molar-refractivity contribution >= 4 is 17.2 Å². The fourth-order valence-corrected chi connectivity index (χ4v) is 5.84. The number of aromatic nitrogens is 1. The smallest absolute Gasteiger partial charge is 0.270 e. The standard InChI is InChI=1S/C16H23N3OS/c1-8(17)16-19-14(7-21-16)15(20)18-13-6-9-5-12(13)11-4-2-3-10(9)11/h7-13H,2-6,17H2,1H3,(H,18,20). The highest BCUT2D eigenvalue weighted by atomic mass is 32.1. The van der Waals surface area contributed by atoms with Gasteiger partial charge in [0.05, 0.1) is 6.04 Å². The summed E-state index contributed by atoms with van der Waals surface area (Å²) in [7, 11) is 0. The lowest BCUT2D eigenvalue weighted by Gasteiger charge is -2.31. The van der Waals surface area contributed by atoms with Crippen LogP contribution >= 0.6 is 11.3 Å². The Kier molecular flexibility index (Phi) is 3.30. The van der Waals surface area contributed by atoms with Crippen LogP contribution in [0.4, 0.5) is 0 Å². The van der Waals surface area contributed by atoms with Gasteiger partial charge < -0.3 is 11.1 Å². The van der Waals surface area contributed by atoms with E-state index in [9.17, 15) is 4.79 Å². The number of thiazole rings is 1. The maximum atomic E-state index is 12.4. The Balaban J connectivity index is 1.43. The number of carbonyl (C=O) groups is 1. The molecule has 0 saturated heterocycles. The second kappa shape index (κ2) is 5.06. The Morgan fingerprint density at radius 1 is 1.38 bits per heavy atom. The average Bonchev–Trinajstić information content (AvgIpc) is 3.20. The molecule has 3 aliphatic carbocycles. The summed E-state index contributed by atoms with van der Waals surface area (Å²) in [5.74, 6) is 3.42. The Morgan fingerprint density at radius 2 is 2.19 bits per heavy atom. The van der Waals surface area contributed by atoms with Gasteiger partial charge in [-0.3, -0.25) is 4.79 Å². The lowest BCUT2D eigenvalue weighted by atomic mass is 9.79. The van der Waals surface area contributed by atoms with Crippen LogP contribution in [0.3, 0.4) is 0 Å². The summed E-state index contributed by atoms with van der Waals surface area (Å²) >= 11 is 1.48. The predicted octanol–water partition coefficient (Wildman–Crippen LogP) is 2.72. The van der Waals surface area contributed by atoms with Crippen molar-refractivity contribution in [3.63, 3.8) is 0 Å². The average molecular weight is 305 g/mol. The number of nitrogens with zero attached hydrogens (tertiary/aromatic N) is 1. The van der Waals surface area contributed by atoms with E-state index >= 15 is 0 Å². The van der Waals surface area contributed by atoms with Crippen LogP contribution in [0.5, 0.6) is 0 Å². The van der Waals surface area contributed by atoms with Crippen LogP contribution in [-0.2, 0) is 0 Å². The third kappa shape index (κ3) is 2.21. The molecule has 2 bridgehead atoms. The number of nitrogens with two attached hydrogens (primary N) is 1. The van der Waals surface area contributed by atoms with Crippen molar-refractivity contribution in [3.05, 3.63) is 16.1 Å². The van der Waals surface area contributed by atoms with Gasteiger partial charge in [0.2, 0.25) is 0 Å². The highest BCUT2D eigenvalue weighted by Crippen LogP contribution is 2.58. The van der Waals surface area contributed by atoms with Gasteiger partial charge in [0.15, 0.2) is 0 Å². The van der Waals surface area contributed by atoms with Gasteiger partial charge in [-0.15, -0.1) is 11.3 Å². The number of fused-ring (bicyclic) bond motifs is 5. The van der Waals surface area contributed by atoms with Crippen LogP contribution < -0.4 is 11.1 Å². The van der Waals surface area contributed by atoms with E-state index in [-0.39, 0.29) is 11.9 Å². The molecule has 21 heavy (non-hydrogen) atoms. The summed E-state index contributed by atoms with van der Waals surface area (Å²) in [5.41, 5.74) is 6.35. The molecule has 3 aliphatic rings. The first-order valence-electron chi connectivity index (χ1n) is 8.15. The van der Waals surface area contributed by atoms with Gasteiger partial charge >= 0.3 is 0 Å². The molecule has 6 atom stereocenters. The van der Waals surface area contributed by atoms with E-state index in [4.69, 9.17) is 5.73 Å². The summed E-state index contributed by atoms with van der Waals surface area (Å²) in [6.07, 6.45) is 6.72. The van der Waals surface area contributed by atoms with E-state index in [0.29, 0.717) is 11.7 Å². The zero-order valence-electron chi connectivity index (χ0n) is 12.4. The lowest BCUT2D eigenvalue weighted by Crippen LogP contribution is -2.42. The molecule has 3 N–H and O–H groups in total. The van der Waals surface area contributed by atoms with Gasteiger partial charge in [-0.25, -0.2) is 4.98 Å². The number of rotatable bonds is 3. The van der Waals surface area contributed by atoms with Crippen molar-refractivity contribution in [2.75, 3.05) is 0 Å². The second-order valence-corrected chi connectivity index (χ2v) is 7.98. The molecule has 0 aliphatic heterocycles. The van der Waals surface area contributed by atoms with E-state index in [2.05, 4.69) is 10.3 Å². The molecule has 6 unspecified atom stereocenters. The van der Waals surface area contributed by atoms with Crippen molar-refractivity contribution in [1.29, 1.82) is 0 Å². The number of amides is 1. The fraction of sp³-hybridized carbons (Fsp3) is 0.750. The third-order valence-corrected chi connectivity index (χ3v) is 6.94. The SMILES string of the molecule is CC(N)c1nc(C(=O)NC2CC3CC2C2CCCC32)cs1. The maximum Gasteiger partial charge on any atom is 0.270 e. The third-order valence-electron chi connectivity index (χ3n) is 5.89. The van der Waals surface area contributed by atoms with E-state index in [1.54, 1.807) is 0 Å². The first-order valence-corrected chi connectivity index (χ1v) is 9.03. The van der Waals surface area contributed by atoms with Crippen LogP contribution in [0, 0.1) is 23.7 Å². The van der Waals surface area contributed by atoms with Crippen LogP contribution in [0.15, 0.2) is 5.38 Å². The molecule has 114 valence electrons. The number of hydrogen-bond acceptors (Lipinski definition) is 4. The predicted molar refractivity (Wildman–Crippen MR) is 83.0 cm³/mol. The number of nitrogens with one attached hydrogen (secondary N) is 1. The van der Waals surface area contributed by atoms with Crippen molar-refractivity contribution in [2.24, 2.45) is 29.4 Å². The van der Waals surface area contributed by atoms with Gasteiger partial charge in [-0.2, -0.15) is 0 Å². The van der Waals surface area contributed by atoms with Gasteiger partial charge in [0, 0.05) is 11.4 Å². The molecule has 1 aromatic rings. The highest BCUT2D eigenvalue weighted by molar-refractivity contribution is 7.09. The van der Waals surface area contributed by atoms with Gasteiger partial charge in [-0.05, 0) is 56.3 Å². The summed E-state index contributed by atoms with van der Waals surface area (Å²) < 4.78 is 0. The highest BCUT2D eigenvalue weighted by Gasteiger charge is 2.54. The zero-order chi connectivity index (χ0) is 14.6. The van der Waals surface area contributed by atoms with Crippen LogP contribution in [0.2, 0.25) is 0 Å². The van der Waals surface area contributed by atoms with Gasteiger partial charge in [-0.1, -0.05) is 6.42 Å². The normalized spacial score (nSPS) is 38.5. The zero-order valence-corrected chi connectivity index (χ0v) is 13.2. The second-order valence-electron chi connectivity index (χ2n) is 7.09.